The number of aromatic nitrogens is 1. The number of fused-ring (bicyclic) bond motifs is 2. The molecule has 1 amide bonds. The molecule has 138 valence electrons. The predicted molar refractivity (Wildman–Crippen MR) is 107 cm³/mol. The molecule has 4 rings (SSSR count). The zero-order valence-corrected chi connectivity index (χ0v) is 15.8. The number of para-hydroxylation sites is 1. The van der Waals surface area contributed by atoms with E-state index in [1.807, 2.05) is 49.4 Å². The molecule has 0 fully saturated rings. The fraction of sp³-hybridized carbons (Fsp3) is 0.238. The number of amides is 1. The van der Waals surface area contributed by atoms with E-state index in [1.165, 1.54) is 0 Å². The van der Waals surface area contributed by atoms with Crippen molar-refractivity contribution in [3.8, 4) is 22.1 Å². The molecule has 1 N–H and O–H groups in total. The van der Waals surface area contributed by atoms with Gasteiger partial charge in [0.25, 0.3) is 0 Å². The molecule has 0 saturated heterocycles. The van der Waals surface area contributed by atoms with Crippen LogP contribution in [0.4, 0.5) is 0 Å². The number of hydrogen-bond donors (Lipinski definition) is 1. The first kappa shape index (κ1) is 17.5. The van der Waals surface area contributed by atoms with Crippen molar-refractivity contribution in [2.24, 2.45) is 0 Å². The third-order valence-corrected chi connectivity index (χ3v) is 5.62. The maximum absolute atomic E-state index is 12.4. The Morgan fingerprint density at radius 3 is 3.04 bits per heavy atom. The maximum Gasteiger partial charge on any atom is 0.226 e. The Hall–Kier alpha value is -2.86. The molecule has 0 aliphatic carbocycles. The predicted octanol–water partition coefficient (Wildman–Crippen LogP) is 4.36. The van der Waals surface area contributed by atoms with E-state index in [0.717, 1.165) is 26.4 Å². The van der Waals surface area contributed by atoms with E-state index in [2.05, 4.69) is 4.98 Å². The summed E-state index contributed by atoms with van der Waals surface area (Å²) >= 11 is 1.58. The van der Waals surface area contributed by atoms with Crippen LogP contribution in [0.2, 0.25) is 0 Å². The van der Waals surface area contributed by atoms with E-state index in [4.69, 9.17) is 4.74 Å². The highest BCUT2D eigenvalue weighted by Crippen LogP contribution is 2.39. The number of rotatable bonds is 3. The molecule has 1 aromatic heterocycles. The van der Waals surface area contributed by atoms with E-state index < -0.39 is 0 Å². The highest BCUT2D eigenvalue weighted by molar-refractivity contribution is 7.21. The first-order valence-electron chi connectivity index (χ1n) is 8.89. The van der Waals surface area contributed by atoms with Crippen LogP contribution in [0.25, 0.3) is 20.8 Å². The average Bonchev–Trinajstić information content (AvgIpc) is 2.98. The molecule has 5 nitrogen and oxygen atoms in total. The SMILES string of the molecule is C/C=C/CC(=O)N1CCOc2c(O)cc(-c3nc4ccccc4s3)cc2C1. The van der Waals surface area contributed by atoms with Crippen molar-refractivity contribution in [3.63, 3.8) is 0 Å². The van der Waals surface area contributed by atoms with Crippen LogP contribution in [0.5, 0.6) is 11.5 Å². The van der Waals surface area contributed by atoms with Gasteiger partial charge >= 0.3 is 0 Å². The standard InChI is InChI=1S/C21H20N2O3S/c1-2-3-8-19(25)23-9-10-26-20-15(13-23)11-14(12-17(20)24)21-22-16-6-4-5-7-18(16)27-21/h2-7,11-12,24H,8-10,13H2,1H3/b3-2+. The van der Waals surface area contributed by atoms with E-state index >= 15 is 0 Å². The third-order valence-electron chi connectivity index (χ3n) is 4.54. The Bertz CT molecular complexity index is 992. The second-order valence-electron chi connectivity index (χ2n) is 6.41. The Labute approximate surface area is 161 Å². The fourth-order valence-electron chi connectivity index (χ4n) is 3.18. The minimum absolute atomic E-state index is 0.0504. The van der Waals surface area contributed by atoms with Gasteiger partial charge in [0.15, 0.2) is 11.5 Å². The molecule has 0 bridgehead atoms. The summed E-state index contributed by atoms with van der Waals surface area (Å²) < 4.78 is 6.83. The summed E-state index contributed by atoms with van der Waals surface area (Å²) in [7, 11) is 0. The van der Waals surface area contributed by atoms with E-state index in [-0.39, 0.29) is 11.7 Å². The molecule has 0 atom stereocenters. The molecule has 0 radical (unpaired) electrons. The summed E-state index contributed by atoms with van der Waals surface area (Å²) in [4.78, 5) is 18.9. The monoisotopic (exact) mass is 380 g/mol. The minimum Gasteiger partial charge on any atom is -0.504 e. The van der Waals surface area contributed by atoms with Crippen molar-refractivity contribution < 1.29 is 14.6 Å². The minimum atomic E-state index is 0.0504. The molecule has 2 aromatic carbocycles. The number of thiazole rings is 1. The van der Waals surface area contributed by atoms with Crippen LogP contribution in [0, 0.1) is 0 Å². The number of ether oxygens (including phenoxy) is 1. The zero-order valence-electron chi connectivity index (χ0n) is 15.0. The van der Waals surface area contributed by atoms with Crippen molar-refractivity contribution in [1.82, 2.24) is 9.88 Å². The van der Waals surface area contributed by atoms with Gasteiger partial charge < -0.3 is 14.7 Å². The fourth-order valence-corrected chi connectivity index (χ4v) is 4.13. The largest absolute Gasteiger partial charge is 0.504 e. The van der Waals surface area contributed by atoms with Crippen LogP contribution in [-0.4, -0.2) is 34.0 Å². The number of nitrogens with zero attached hydrogens (tertiary/aromatic N) is 2. The van der Waals surface area contributed by atoms with Gasteiger partial charge in [-0.1, -0.05) is 24.3 Å². The van der Waals surface area contributed by atoms with Crippen LogP contribution in [0.3, 0.4) is 0 Å². The van der Waals surface area contributed by atoms with E-state index in [0.29, 0.717) is 31.9 Å². The van der Waals surface area contributed by atoms with Gasteiger partial charge in [-0.05, 0) is 31.2 Å². The lowest BCUT2D eigenvalue weighted by molar-refractivity contribution is -0.131. The molecule has 6 heteroatoms. The van der Waals surface area contributed by atoms with Gasteiger partial charge in [-0.2, -0.15) is 0 Å². The highest BCUT2D eigenvalue weighted by atomic mass is 32.1. The van der Waals surface area contributed by atoms with Gasteiger partial charge in [0.1, 0.15) is 11.6 Å². The van der Waals surface area contributed by atoms with Crippen molar-refractivity contribution >= 4 is 27.5 Å². The molecule has 3 aromatic rings. The number of phenols is 1. The third kappa shape index (κ3) is 3.53. The summed E-state index contributed by atoms with van der Waals surface area (Å²) in [6.45, 7) is 3.18. The first-order chi connectivity index (χ1) is 13.2. The molecule has 1 aliphatic rings. The number of benzene rings is 2. The number of phenolic OH excluding ortho intramolecular Hbond substituents is 1. The molecule has 0 saturated carbocycles. The number of allylic oxidation sites excluding steroid dienone is 1. The molecule has 0 spiro atoms. The Balaban J connectivity index is 1.70. The molecular weight excluding hydrogens is 360 g/mol. The smallest absolute Gasteiger partial charge is 0.226 e. The van der Waals surface area contributed by atoms with Crippen LogP contribution in [0.15, 0.2) is 48.6 Å². The number of carbonyl (C=O) groups excluding carboxylic acids is 1. The molecule has 2 heterocycles. The summed E-state index contributed by atoms with van der Waals surface area (Å²) in [6.07, 6.45) is 4.09. The van der Waals surface area contributed by atoms with Crippen LogP contribution < -0.4 is 4.74 Å². The van der Waals surface area contributed by atoms with E-state index in [9.17, 15) is 9.90 Å². The van der Waals surface area contributed by atoms with Crippen molar-refractivity contribution in [2.75, 3.05) is 13.2 Å². The molecule has 27 heavy (non-hydrogen) atoms. The highest BCUT2D eigenvalue weighted by Gasteiger charge is 2.23. The second kappa shape index (κ2) is 7.40. The zero-order chi connectivity index (χ0) is 18.8. The van der Waals surface area contributed by atoms with Crippen molar-refractivity contribution in [2.45, 2.75) is 19.9 Å². The molecule has 1 aliphatic heterocycles. The topological polar surface area (TPSA) is 62.7 Å². The van der Waals surface area contributed by atoms with Crippen LogP contribution >= 0.6 is 11.3 Å². The van der Waals surface area contributed by atoms with Gasteiger partial charge in [0.2, 0.25) is 5.91 Å². The van der Waals surface area contributed by atoms with Crippen molar-refractivity contribution in [3.05, 3.63) is 54.1 Å². The Morgan fingerprint density at radius 1 is 1.37 bits per heavy atom. The summed E-state index contributed by atoms with van der Waals surface area (Å²) in [5.74, 6) is 0.597. The molecular formula is C21H20N2O3S. The Morgan fingerprint density at radius 2 is 2.22 bits per heavy atom. The van der Waals surface area contributed by atoms with Gasteiger partial charge in [0, 0.05) is 24.1 Å². The molecule has 0 unspecified atom stereocenters. The first-order valence-corrected chi connectivity index (χ1v) is 9.71. The summed E-state index contributed by atoms with van der Waals surface area (Å²) in [6, 6.07) is 11.6. The maximum atomic E-state index is 12.4. The lowest BCUT2D eigenvalue weighted by atomic mass is 10.1. The van der Waals surface area contributed by atoms with Gasteiger partial charge in [-0.25, -0.2) is 4.98 Å². The normalized spacial score (nSPS) is 14.2. The second-order valence-corrected chi connectivity index (χ2v) is 7.44. The Kier molecular flexibility index (Phi) is 4.81. The van der Waals surface area contributed by atoms with E-state index in [1.54, 1.807) is 22.3 Å². The van der Waals surface area contributed by atoms with Crippen molar-refractivity contribution in [1.29, 1.82) is 0 Å². The summed E-state index contributed by atoms with van der Waals surface area (Å²) in [5, 5.41) is 11.3. The number of hydrogen-bond acceptors (Lipinski definition) is 5. The lowest BCUT2D eigenvalue weighted by Gasteiger charge is -2.19. The summed E-state index contributed by atoms with van der Waals surface area (Å²) in [5.41, 5.74) is 2.57. The lowest BCUT2D eigenvalue weighted by Crippen LogP contribution is -2.31. The quantitative estimate of drug-likeness (QED) is 0.686. The van der Waals surface area contributed by atoms with Gasteiger partial charge in [-0.15, -0.1) is 11.3 Å². The van der Waals surface area contributed by atoms with Gasteiger partial charge in [0.05, 0.1) is 16.8 Å². The van der Waals surface area contributed by atoms with Crippen LogP contribution in [0.1, 0.15) is 18.9 Å². The number of aromatic hydroxyl groups is 1. The number of carbonyl (C=O) groups is 1. The van der Waals surface area contributed by atoms with Crippen LogP contribution in [-0.2, 0) is 11.3 Å². The van der Waals surface area contributed by atoms with Gasteiger partial charge in [-0.3, -0.25) is 4.79 Å². The average molecular weight is 380 g/mol.